The van der Waals surface area contributed by atoms with Crippen LogP contribution in [0.5, 0.6) is 0 Å². The molecule has 256 valence electrons. The standard InChI is InChI=1S/C25H18ClN7O12S4.4Na/c26-23-29-24(27-13-4-6-17(7-5-13)46(34,35)36)31-25(30-23)28-14-8-15(10-18(9-14)47(37,38)39)32-33-16-11-20-19(22(12-16)49(43,44)45)2-1-3-21(20)48(40,41)42;;;;/h1-12H,(H,34,35,36)(H,37,38,39)(H,40,41,42)(H,43,44,45)(H2,27,28,29,30,31);;;;/q;4*+1/p-4. The predicted molar refractivity (Wildman–Crippen MR) is 164 cm³/mol. The van der Waals surface area contributed by atoms with Crippen LogP contribution < -0.4 is 129 Å². The van der Waals surface area contributed by atoms with Gasteiger partial charge in [0, 0.05) is 22.1 Å². The first-order chi connectivity index (χ1) is 22.7. The van der Waals surface area contributed by atoms with E-state index in [2.05, 4.69) is 35.8 Å². The quantitative estimate of drug-likeness (QED) is 0.0748. The van der Waals surface area contributed by atoms with E-state index in [0.717, 1.165) is 60.7 Å². The largest absolute Gasteiger partial charge is 1.00 e. The Morgan fingerprint density at radius 3 is 1.53 bits per heavy atom. The van der Waals surface area contributed by atoms with E-state index in [-0.39, 0.29) is 158 Å². The van der Waals surface area contributed by atoms with Gasteiger partial charge in [0.2, 0.25) is 17.2 Å². The van der Waals surface area contributed by atoms with Gasteiger partial charge in [0.15, 0.2) is 0 Å². The maximum absolute atomic E-state index is 12.0. The number of nitrogens with one attached hydrogen (secondary N) is 2. The van der Waals surface area contributed by atoms with Gasteiger partial charge in [-0.15, -0.1) is 0 Å². The average molecular weight is 860 g/mol. The Morgan fingerprint density at radius 1 is 0.509 bits per heavy atom. The summed E-state index contributed by atoms with van der Waals surface area (Å²) >= 11 is 5.98. The molecule has 53 heavy (non-hydrogen) atoms. The normalized spacial score (nSPS) is 11.8. The van der Waals surface area contributed by atoms with Gasteiger partial charge in [0.1, 0.15) is 40.5 Å². The fourth-order valence-electron chi connectivity index (χ4n) is 4.19. The molecule has 0 fully saturated rings. The topological polar surface area (TPSA) is 316 Å². The van der Waals surface area contributed by atoms with E-state index in [1.807, 2.05) is 0 Å². The Labute approximate surface area is 395 Å². The Bertz CT molecular complexity index is 2640. The molecule has 0 aliphatic carbocycles. The molecule has 0 spiro atoms. The van der Waals surface area contributed by atoms with Crippen LogP contribution >= 0.6 is 11.6 Å². The Kier molecular flexibility index (Phi) is 18.6. The summed E-state index contributed by atoms with van der Waals surface area (Å²) in [5.74, 6) is -0.511. The fourth-order valence-corrected chi connectivity index (χ4v) is 6.75. The summed E-state index contributed by atoms with van der Waals surface area (Å²) in [4.78, 5) is 8.65. The third-order valence-corrected chi connectivity index (χ3v) is 9.77. The predicted octanol–water partition coefficient (Wildman–Crippen LogP) is -8.79. The first-order valence-corrected chi connectivity index (χ1v) is 18.7. The van der Waals surface area contributed by atoms with E-state index >= 15 is 0 Å². The monoisotopic (exact) mass is 859 g/mol. The van der Waals surface area contributed by atoms with Crippen LogP contribution in [0, 0.1) is 0 Å². The van der Waals surface area contributed by atoms with Crippen molar-refractivity contribution in [3.05, 3.63) is 78.1 Å². The molecule has 0 atom stereocenters. The van der Waals surface area contributed by atoms with Gasteiger partial charge in [-0.3, -0.25) is 0 Å². The van der Waals surface area contributed by atoms with Gasteiger partial charge in [0.05, 0.1) is 31.0 Å². The van der Waals surface area contributed by atoms with Gasteiger partial charge < -0.3 is 28.8 Å². The number of anilines is 4. The van der Waals surface area contributed by atoms with Crippen molar-refractivity contribution in [2.45, 2.75) is 19.6 Å². The Hall–Kier alpha value is -0.720. The maximum Gasteiger partial charge on any atom is 1.00 e. The summed E-state index contributed by atoms with van der Waals surface area (Å²) in [5.41, 5.74) is -0.735. The summed E-state index contributed by atoms with van der Waals surface area (Å²) in [7, 11) is -20.2. The first-order valence-electron chi connectivity index (χ1n) is 12.7. The van der Waals surface area contributed by atoms with Crippen molar-refractivity contribution in [3.8, 4) is 0 Å². The van der Waals surface area contributed by atoms with Crippen LogP contribution in [0.2, 0.25) is 5.28 Å². The summed E-state index contributed by atoms with van der Waals surface area (Å²) in [6.07, 6.45) is 0. The number of fused-ring (bicyclic) bond motifs is 1. The molecule has 0 aliphatic heterocycles. The SMILES string of the molecule is O=S(=O)([O-])c1ccc(Nc2nc(Cl)nc(Nc3cc(N=Nc4cc(S(=O)(=O)[O-])c5cccc(S(=O)(=O)[O-])c5c4)cc(S(=O)(=O)[O-])c3)n2)cc1.[Na+].[Na+].[Na+].[Na+]. The molecule has 0 amide bonds. The van der Waals surface area contributed by atoms with E-state index in [1.54, 1.807) is 0 Å². The summed E-state index contributed by atoms with van der Waals surface area (Å²) < 4.78 is 141. The molecule has 0 radical (unpaired) electrons. The van der Waals surface area contributed by atoms with Gasteiger partial charge in [0.25, 0.3) is 0 Å². The molecule has 0 saturated carbocycles. The van der Waals surface area contributed by atoms with E-state index in [1.165, 1.54) is 12.1 Å². The second kappa shape index (κ2) is 19.6. The summed E-state index contributed by atoms with van der Waals surface area (Å²) in [5, 5.41) is 11.6. The molecule has 19 nitrogen and oxygen atoms in total. The zero-order valence-electron chi connectivity index (χ0n) is 27.6. The molecular formula is C25H14ClN7Na4O12S4. The smallest absolute Gasteiger partial charge is 0.744 e. The first kappa shape index (κ1) is 50.3. The molecule has 4 aromatic carbocycles. The number of nitrogens with zero attached hydrogens (tertiary/aromatic N) is 5. The van der Waals surface area contributed by atoms with E-state index in [9.17, 15) is 51.9 Å². The molecule has 0 aliphatic rings. The Balaban J connectivity index is 0.00000351. The number of hydrogen-bond donors (Lipinski definition) is 2. The van der Waals surface area contributed by atoms with Crippen LogP contribution in [0.25, 0.3) is 10.8 Å². The van der Waals surface area contributed by atoms with Crippen molar-refractivity contribution < 1.29 is 170 Å². The number of benzene rings is 4. The summed E-state index contributed by atoms with van der Waals surface area (Å²) in [6.45, 7) is 0. The fraction of sp³-hybridized carbons (Fsp3) is 0. The second-order valence-electron chi connectivity index (χ2n) is 9.55. The zero-order valence-corrected chi connectivity index (χ0v) is 39.6. The molecule has 0 saturated heterocycles. The number of azo groups is 1. The van der Waals surface area contributed by atoms with Gasteiger partial charge in [-0.1, -0.05) is 12.1 Å². The van der Waals surface area contributed by atoms with Gasteiger partial charge in [-0.25, -0.2) is 33.7 Å². The van der Waals surface area contributed by atoms with E-state index in [4.69, 9.17) is 11.6 Å². The molecule has 28 heteroatoms. The second-order valence-corrected chi connectivity index (χ2v) is 15.3. The number of hydrogen-bond acceptors (Lipinski definition) is 19. The minimum absolute atomic E-state index is 0. The van der Waals surface area contributed by atoms with Crippen LogP contribution in [0.3, 0.4) is 0 Å². The van der Waals surface area contributed by atoms with Crippen molar-refractivity contribution in [3.63, 3.8) is 0 Å². The molecule has 1 aromatic heterocycles. The summed E-state index contributed by atoms with van der Waals surface area (Å²) in [6, 6.07) is 12.1. The van der Waals surface area contributed by atoms with Crippen molar-refractivity contribution in [1.82, 2.24) is 15.0 Å². The van der Waals surface area contributed by atoms with E-state index in [0.29, 0.717) is 0 Å². The Morgan fingerprint density at radius 2 is 1.02 bits per heavy atom. The third-order valence-electron chi connectivity index (χ3n) is 6.17. The molecule has 5 rings (SSSR count). The number of aromatic nitrogens is 3. The molecular weight excluding hydrogens is 846 g/mol. The number of halogens is 1. The zero-order chi connectivity index (χ0) is 35.9. The maximum atomic E-state index is 12.0. The molecule has 1 heterocycles. The minimum atomic E-state index is -5.25. The van der Waals surface area contributed by atoms with Gasteiger partial charge >= 0.3 is 118 Å². The molecule has 0 bridgehead atoms. The van der Waals surface area contributed by atoms with Crippen molar-refractivity contribution in [2.75, 3.05) is 10.6 Å². The molecule has 2 N–H and O–H groups in total. The van der Waals surface area contributed by atoms with Crippen LogP contribution in [0.1, 0.15) is 0 Å². The van der Waals surface area contributed by atoms with Gasteiger partial charge in [-0.2, -0.15) is 25.2 Å². The molecule has 0 unspecified atom stereocenters. The number of rotatable bonds is 10. The van der Waals surface area contributed by atoms with Crippen LogP contribution in [-0.2, 0) is 40.5 Å². The average Bonchev–Trinajstić information content (AvgIpc) is 2.97. The van der Waals surface area contributed by atoms with Crippen LogP contribution in [0.4, 0.5) is 34.6 Å². The van der Waals surface area contributed by atoms with Crippen molar-refractivity contribution in [1.29, 1.82) is 0 Å². The van der Waals surface area contributed by atoms with Crippen molar-refractivity contribution >= 4 is 97.5 Å². The molecule has 5 aromatic rings. The van der Waals surface area contributed by atoms with Crippen LogP contribution in [-0.4, -0.2) is 66.8 Å². The minimum Gasteiger partial charge on any atom is -0.744 e. The van der Waals surface area contributed by atoms with Gasteiger partial charge in [-0.05, 0) is 72.3 Å². The third kappa shape index (κ3) is 13.4. The van der Waals surface area contributed by atoms with Crippen LogP contribution in [0.15, 0.2) is 103 Å². The van der Waals surface area contributed by atoms with Crippen molar-refractivity contribution in [2.24, 2.45) is 10.2 Å². The van der Waals surface area contributed by atoms with E-state index < -0.39 is 71.1 Å².